The van der Waals surface area contributed by atoms with E-state index in [9.17, 15) is 4.79 Å². The molecule has 0 radical (unpaired) electrons. The maximum absolute atomic E-state index is 12.4. The highest BCUT2D eigenvalue weighted by atomic mass is 32.1. The van der Waals surface area contributed by atoms with Gasteiger partial charge in [0.25, 0.3) is 5.91 Å². The lowest BCUT2D eigenvalue weighted by molar-refractivity contribution is 0.0773. The van der Waals surface area contributed by atoms with Crippen LogP contribution in [-0.4, -0.2) is 42.4 Å². The maximum atomic E-state index is 12.4. The second kappa shape index (κ2) is 11.6. The lowest BCUT2D eigenvalue weighted by Gasteiger charge is -2.18. The molecule has 0 saturated heterocycles. The minimum atomic E-state index is 0.0812. The van der Waals surface area contributed by atoms with Gasteiger partial charge in [-0.05, 0) is 64.4 Å². The number of carbonyl (C=O) groups is 1. The van der Waals surface area contributed by atoms with E-state index in [4.69, 9.17) is 4.99 Å². The first-order valence-corrected chi connectivity index (χ1v) is 11.3. The molecule has 1 heterocycles. The highest BCUT2D eigenvalue weighted by Crippen LogP contribution is 2.16. The van der Waals surface area contributed by atoms with Crippen LogP contribution in [0.1, 0.15) is 53.4 Å². The van der Waals surface area contributed by atoms with Crippen LogP contribution < -0.4 is 10.6 Å². The van der Waals surface area contributed by atoms with E-state index in [1.54, 1.807) is 0 Å². The molecule has 29 heavy (non-hydrogen) atoms. The van der Waals surface area contributed by atoms with Crippen molar-refractivity contribution in [1.29, 1.82) is 0 Å². The van der Waals surface area contributed by atoms with E-state index in [0.717, 1.165) is 43.1 Å². The maximum Gasteiger partial charge on any atom is 0.253 e. The van der Waals surface area contributed by atoms with Crippen molar-refractivity contribution in [1.82, 2.24) is 15.5 Å². The molecule has 1 atom stereocenters. The van der Waals surface area contributed by atoms with E-state index in [2.05, 4.69) is 43.5 Å². The summed E-state index contributed by atoms with van der Waals surface area (Å²) in [5, 5.41) is 6.81. The van der Waals surface area contributed by atoms with Crippen molar-refractivity contribution in [2.24, 2.45) is 4.99 Å². The van der Waals surface area contributed by atoms with Gasteiger partial charge in [-0.3, -0.25) is 4.79 Å². The number of thiophene rings is 1. The zero-order valence-electron chi connectivity index (χ0n) is 18.3. The molecule has 0 bridgehead atoms. The number of amides is 1. The van der Waals surface area contributed by atoms with Crippen LogP contribution in [0.15, 0.2) is 41.4 Å². The molecule has 158 valence electrons. The van der Waals surface area contributed by atoms with Crippen molar-refractivity contribution >= 4 is 23.2 Å². The normalized spacial score (nSPS) is 12.5. The third-order valence-electron chi connectivity index (χ3n) is 4.70. The topological polar surface area (TPSA) is 56.7 Å². The summed E-state index contributed by atoms with van der Waals surface area (Å²) in [5.74, 6) is 0.897. The van der Waals surface area contributed by atoms with Gasteiger partial charge in [0.15, 0.2) is 5.96 Å². The molecular formula is C23H34N4OS. The third kappa shape index (κ3) is 7.20. The molecule has 0 spiro atoms. The van der Waals surface area contributed by atoms with Crippen molar-refractivity contribution in [2.75, 3.05) is 19.6 Å². The standard InChI is InChI=1S/C23H34N4OS/c1-6-24-23(26-17(4)15-21-14-9-18(5)29-21)25-16-19-10-12-20(13-11-19)22(28)27(7-2)8-3/h9-14,17H,6-8,15-16H2,1-5H3,(H2,24,25,26). The Morgan fingerprint density at radius 1 is 1.10 bits per heavy atom. The molecule has 5 nitrogen and oxygen atoms in total. The molecule has 1 unspecified atom stereocenters. The van der Waals surface area contributed by atoms with E-state index in [1.807, 2.05) is 54.3 Å². The van der Waals surface area contributed by atoms with Crippen molar-refractivity contribution in [3.63, 3.8) is 0 Å². The Morgan fingerprint density at radius 3 is 2.34 bits per heavy atom. The Hall–Kier alpha value is -2.34. The second-order valence-corrected chi connectivity index (χ2v) is 8.50. The van der Waals surface area contributed by atoms with Gasteiger partial charge in [0.2, 0.25) is 0 Å². The number of aliphatic imine (C=N–C) groups is 1. The number of rotatable bonds is 9. The molecule has 0 aliphatic carbocycles. The van der Waals surface area contributed by atoms with Gasteiger partial charge in [0.1, 0.15) is 0 Å². The molecule has 1 aromatic carbocycles. The second-order valence-electron chi connectivity index (χ2n) is 7.13. The predicted octanol–water partition coefficient (Wildman–Crippen LogP) is 4.22. The Bertz CT molecular complexity index is 793. The quantitative estimate of drug-likeness (QED) is 0.477. The average molecular weight is 415 g/mol. The highest BCUT2D eigenvalue weighted by Gasteiger charge is 2.12. The van der Waals surface area contributed by atoms with E-state index < -0.39 is 0 Å². The summed E-state index contributed by atoms with van der Waals surface area (Å²) in [5.41, 5.74) is 1.81. The summed E-state index contributed by atoms with van der Waals surface area (Å²) >= 11 is 1.84. The van der Waals surface area contributed by atoms with E-state index in [1.165, 1.54) is 9.75 Å². The number of carbonyl (C=O) groups excluding carboxylic acids is 1. The van der Waals surface area contributed by atoms with Gasteiger partial charge in [-0.2, -0.15) is 0 Å². The van der Waals surface area contributed by atoms with Crippen LogP contribution in [0.25, 0.3) is 0 Å². The fraction of sp³-hybridized carbons (Fsp3) is 0.478. The molecule has 0 saturated carbocycles. The molecule has 6 heteroatoms. The SMILES string of the molecule is CCNC(=NCc1ccc(C(=O)N(CC)CC)cc1)NC(C)Cc1ccc(C)s1. The highest BCUT2D eigenvalue weighted by molar-refractivity contribution is 7.11. The first kappa shape index (κ1) is 22.9. The van der Waals surface area contributed by atoms with Crippen molar-refractivity contribution in [3.05, 3.63) is 57.3 Å². The summed E-state index contributed by atoms with van der Waals surface area (Å²) in [6, 6.07) is 12.4. The van der Waals surface area contributed by atoms with Crippen molar-refractivity contribution < 1.29 is 4.79 Å². The minimum absolute atomic E-state index is 0.0812. The summed E-state index contributed by atoms with van der Waals surface area (Å²) < 4.78 is 0. The van der Waals surface area contributed by atoms with Gasteiger partial charge in [-0.25, -0.2) is 4.99 Å². The van der Waals surface area contributed by atoms with Crippen LogP contribution in [0.5, 0.6) is 0 Å². The first-order chi connectivity index (χ1) is 14.0. The van der Waals surface area contributed by atoms with Gasteiger partial charge < -0.3 is 15.5 Å². The van der Waals surface area contributed by atoms with Gasteiger partial charge in [-0.15, -0.1) is 11.3 Å². The Morgan fingerprint density at radius 2 is 1.79 bits per heavy atom. The lowest BCUT2D eigenvalue weighted by Crippen LogP contribution is -2.43. The fourth-order valence-corrected chi connectivity index (χ4v) is 4.14. The first-order valence-electron chi connectivity index (χ1n) is 10.4. The smallest absolute Gasteiger partial charge is 0.253 e. The Balaban J connectivity index is 1.97. The summed E-state index contributed by atoms with van der Waals surface area (Å²) in [6.07, 6.45) is 0.977. The van der Waals surface area contributed by atoms with Crippen molar-refractivity contribution in [3.8, 4) is 0 Å². The van der Waals surface area contributed by atoms with Crippen LogP contribution in [-0.2, 0) is 13.0 Å². The van der Waals surface area contributed by atoms with E-state index >= 15 is 0 Å². The Labute approximate surface area is 179 Å². The van der Waals surface area contributed by atoms with Crippen LogP contribution in [0, 0.1) is 6.92 Å². The molecule has 1 aromatic heterocycles. The molecule has 0 aliphatic rings. The van der Waals surface area contributed by atoms with Gasteiger partial charge in [-0.1, -0.05) is 12.1 Å². The number of guanidine groups is 1. The number of nitrogens with zero attached hydrogens (tertiary/aromatic N) is 2. The summed E-state index contributed by atoms with van der Waals surface area (Å²) in [4.78, 5) is 21.7. The molecule has 2 aromatic rings. The van der Waals surface area contributed by atoms with Gasteiger partial charge >= 0.3 is 0 Å². The molecule has 0 aliphatic heterocycles. The number of aryl methyl sites for hydroxylation is 1. The molecule has 1 amide bonds. The van der Waals surface area contributed by atoms with E-state index in [0.29, 0.717) is 12.6 Å². The lowest BCUT2D eigenvalue weighted by atomic mass is 10.1. The van der Waals surface area contributed by atoms with Gasteiger partial charge in [0, 0.05) is 47.4 Å². The molecular weight excluding hydrogens is 380 g/mol. The number of hydrogen-bond donors (Lipinski definition) is 2. The zero-order valence-corrected chi connectivity index (χ0v) is 19.1. The number of hydrogen-bond acceptors (Lipinski definition) is 3. The molecule has 2 N–H and O–H groups in total. The average Bonchev–Trinajstić information content (AvgIpc) is 3.12. The van der Waals surface area contributed by atoms with Crippen LogP contribution in [0.4, 0.5) is 0 Å². The van der Waals surface area contributed by atoms with E-state index in [-0.39, 0.29) is 5.91 Å². The number of benzene rings is 1. The molecule has 0 fully saturated rings. The van der Waals surface area contributed by atoms with Crippen LogP contribution in [0.2, 0.25) is 0 Å². The Kier molecular flexibility index (Phi) is 9.19. The molecule has 2 rings (SSSR count). The van der Waals surface area contributed by atoms with Crippen LogP contribution >= 0.6 is 11.3 Å². The monoisotopic (exact) mass is 414 g/mol. The third-order valence-corrected chi connectivity index (χ3v) is 5.73. The minimum Gasteiger partial charge on any atom is -0.357 e. The predicted molar refractivity (Wildman–Crippen MR) is 124 cm³/mol. The largest absolute Gasteiger partial charge is 0.357 e. The summed E-state index contributed by atoms with van der Waals surface area (Å²) in [6.45, 7) is 13.2. The van der Waals surface area contributed by atoms with Gasteiger partial charge in [0.05, 0.1) is 6.54 Å². The van der Waals surface area contributed by atoms with Crippen LogP contribution in [0.3, 0.4) is 0 Å². The van der Waals surface area contributed by atoms with Crippen molar-refractivity contribution in [2.45, 2.75) is 53.6 Å². The zero-order chi connectivity index (χ0) is 21.2. The number of nitrogens with one attached hydrogen (secondary N) is 2. The summed E-state index contributed by atoms with van der Waals surface area (Å²) in [7, 11) is 0. The fourth-order valence-electron chi connectivity index (χ4n) is 3.12.